The van der Waals surface area contributed by atoms with Gasteiger partial charge in [-0.1, -0.05) is 46.9 Å². The van der Waals surface area contributed by atoms with E-state index in [4.69, 9.17) is 39.5 Å². The summed E-state index contributed by atoms with van der Waals surface area (Å²) < 4.78 is 7.41. The average Bonchev–Trinajstić information content (AvgIpc) is 2.72. The van der Waals surface area contributed by atoms with Crippen LogP contribution in [-0.4, -0.2) is 5.91 Å². The van der Waals surface area contributed by atoms with Crippen LogP contribution in [0.1, 0.15) is 11.1 Å². The molecule has 32 heavy (non-hydrogen) atoms. The van der Waals surface area contributed by atoms with Crippen LogP contribution in [0.2, 0.25) is 15.1 Å². The van der Waals surface area contributed by atoms with Gasteiger partial charge in [0.25, 0.3) is 5.91 Å². The Bertz CT molecular complexity index is 1240. The van der Waals surface area contributed by atoms with Crippen molar-refractivity contribution in [1.29, 1.82) is 5.26 Å². The second kappa shape index (κ2) is 11.4. The van der Waals surface area contributed by atoms with Crippen LogP contribution < -0.4 is 10.1 Å². The molecule has 0 bridgehead atoms. The first kappa shape index (κ1) is 24.9. The van der Waals surface area contributed by atoms with Crippen LogP contribution in [-0.2, 0) is 11.4 Å². The SMILES string of the molecule is N#C/C(=C\c1cc(Br)c(OCc2ccc(Cl)cc2Cl)c(I)c1)C(=O)Nc1cccc(Cl)c1. The number of carbonyl (C=O) groups excluding carboxylic acids is 1. The van der Waals surface area contributed by atoms with Crippen LogP contribution in [0.25, 0.3) is 6.08 Å². The first-order chi connectivity index (χ1) is 15.3. The summed E-state index contributed by atoms with van der Waals surface area (Å²) in [6, 6.07) is 17.4. The molecule has 4 nitrogen and oxygen atoms in total. The minimum atomic E-state index is -0.529. The molecule has 0 radical (unpaired) electrons. The number of nitrogens with one attached hydrogen (secondary N) is 1. The fourth-order valence-electron chi connectivity index (χ4n) is 2.67. The van der Waals surface area contributed by atoms with Crippen LogP contribution in [0, 0.1) is 14.9 Å². The van der Waals surface area contributed by atoms with E-state index in [0.717, 1.165) is 9.13 Å². The lowest BCUT2D eigenvalue weighted by Gasteiger charge is -2.13. The minimum absolute atomic E-state index is 0.0470. The summed E-state index contributed by atoms with van der Waals surface area (Å²) in [5, 5.41) is 13.7. The van der Waals surface area contributed by atoms with Crippen molar-refractivity contribution in [3.05, 3.63) is 94.4 Å². The normalized spacial score (nSPS) is 11.1. The van der Waals surface area contributed by atoms with Crippen molar-refractivity contribution in [3.8, 4) is 11.8 Å². The molecule has 3 aromatic rings. The zero-order valence-corrected chi connectivity index (χ0v) is 22.1. The number of benzene rings is 3. The van der Waals surface area contributed by atoms with Gasteiger partial charge in [-0.3, -0.25) is 4.79 Å². The number of halogens is 5. The third-order valence-electron chi connectivity index (χ3n) is 4.17. The molecule has 3 aromatic carbocycles. The second-order valence-electron chi connectivity index (χ2n) is 6.47. The molecular weight excluding hydrogens is 649 g/mol. The average molecular weight is 663 g/mol. The molecule has 0 atom stereocenters. The standard InChI is InChI=1S/C23H13BrCl3IN2O2/c24-19-7-13(6-15(11-29)23(31)30-18-3-1-2-16(25)9-18)8-21(28)22(19)32-12-14-4-5-17(26)10-20(14)27/h1-10H,12H2,(H,30,31)/b15-6+. The molecule has 162 valence electrons. The van der Waals surface area contributed by atoms with Gasteiger partial charge in [0.15, 0.2) is 0 Å². The summed E-state index contributed by atoms with van der Waals surface area (Å²) in [5.74, 6) is 0.0919. The van der Waals surface area contributed by atoms with Gasteiger partial charge in [0.2, 0.25) is 0 Å². The summed E-state index contributed by atoms with van der Waals surface area (Å²) >= 11 is 23.7. The van der Waals surface area contributed by atoms with Gasteiger partial charge in [0.1, 0.15) is 24.0 Å². The van der Waals surface area contributed by atoms with E-state index >= 15 is 0 Å². The maximum absolute atomic E-state index is 12.5. The Hall–Kier alpha value is -1.76. The molecule has 0 aliphatic rings. The molecule has 0 unspecified atom stereocenters. The zero-order valence-electron chi connectivity index (χ0n) is 16.1. The van der Waals surface area contributed by atoms with Gasteiger partial charge in [-0.2, -0.15) is 5.26 Å². The summed E-state index contributed by atoms with van der Waals surface area (Å²) in [7, 11) is 0. The van der Waals surface area contributed by atoms with E-state index in [2.05, 4.69) is 43.8 Å². The lowest BCUT2D eigenvalue weighted by atomic mass is 10.1. The van der Waals surface area contributed by atoms with Gasteiger partial charge in [-0.05, 0) is 92.6 Å². The number of rotatable bonds is 6. The van der Waals surface area contributed by atoms with E-state index in [-0.39, 0.29) is 12.2 Å². The maximum Gasteiger partial charge on any atom is 0.266 e. The van der Waals surface area contributed by atoms with Crippen molar-refractivity contribution in [2.45, 2.75) is 6.61 Å². The minimum Gasteiger partial charge on any atom is -0.487 e. The fraction of sp³-hybridized carbons (Fsp3) is 0.0435. The van der Waals surface area contributed by atoms with Crippen molar-refractivity contribution >= 4 is 91.0 Å². The largest absolute Gasteiger partial charge is 0.487 e. The number of anilines is 1. The third kappa shape index (κ3) is 6.63. The highest BCUT2D eigenvalue weighted by atomic mass is 127. The van der Waals surface area contributed by atoms with Crippen molar-refractivity contribution in [1.82, 2.24) is 0 Å². The quantitative estimate of drug-likeness (QED) is 0.165. The lowest BCUT2D eigenvalue weighted by Crippen LogP contribution is -2.13. The van der Waals surface area contributed by atoms with E-state index in [1.54, 1.807) is 48.5 Å². The van der Waals surface area contributed by atoms with Gasteiger partial charge >= 0.3 is 0 Å². The third-order valence-corrected chi connectivity index (χ3v) is 6.38. The first-order valence-corrected chi connectivity index (χ1v) is 12.0. The number of amides is 1. The Balaban J connectivity index is 1.78. The summed E-state index contributed by atoms with van der Waals surface area (Å²) in [4.78, 5) is 12.5. The summed E-state index contributed by atoms with van der Waals surface area (Å²) in [6.07, 6.45) is 1.51. The smallest absolute Gasteiger partial charge is 0.266 e. The maximum atomic E-state index is 12.5. The summed E-state index contributed by atoms with van der Waals surface area (Å²) in [5.41, 5.74) is 1.92. The van der Waals surface area contributed by atoms with Crippen LogP contribution in [0.5, 0.6) is 5.75 Å². The van der Waals surface area contributed by atoms with E-state index < -0.39 is 5.91 Å². The molecule has 0 aromatic heterocycles. The predicted molar refractivity (Wildman–Crippen MR) is 141 cm³/mol. The Kier molecular flexibility index (Phi) is 8.86. The molecule has 0 spiro atoms. The van der Waals surface area contributed by atoms with Crippen LogP contribution >= 0.6 is 73.3 Å². The Morgan fingerprint density at radius 3 is 2.53 bits per heavy atom. The number of hydrogen-bond donors (Lipinski definition) is 1. The summed E-state index contributed by atoms with van der Waals surface area (Å²) in [6.45, 7) is 0.255. The van der Waals surface area contributed by atoms with Gasteiger partial charge in [-0.15, -0.1) is 0 Å². The van der Waals surface area contributed by atoms with Crippen LogP contribution in [0.4, 0.5) is 5.69 Å². The zero-order chi connectivity index (χ0) is 23.3. The monoisotopic (exact) mass is 660 g/mol. The fourth-order valence-corrected chi connectivity index (χ4v) is 5.09. The Labute approximate surface area is 222 Å². The van der Waals surface area contributed by atoms with Crippen molar-refractivity contribution in [2.24, 2.45) is 0 Å². The first-order valence-electron chi connectivity index (χ1n) is 9.01. The van der Waals surface area contributed by atoms with E-state index in [9.17, 15) is 10.1 Å². The molecule has 3 rings (SSSR count). The van der Waals surface area contributed by atoms with Gasteiger partial charge in [0, 0.05) is 26.3 Å². The number of ether oxygens (including phenoxy) is 1. The van der Waals surface area contributed by atoms with E-state index in [1.807, 2.05) is 12.1 Å². The number of hydrogen-bond acceptors (Lipinski definition) is 3. The molecule has 9 heteroatoms. The van der Waals surface area contributed by atoms with Gasteiger partial charge in [-0.25, -0.2) is 0 Å². The number of carbonyl (C=O) groups is 1. The molecule has 0 heterocycles. The highest BCUT2D eigenvalue weighted by Gasteiger charge is 2.13. The van der Waals surface area contributed by atoms with Gasteiger partial charge in [0.05, 0.1) is 8.04 Å². The second-order valence-corrected chi connectivity index (χ2v) is 9.77. The lowest BCUT2D eigenvalue weighted by molar-refractivity contribution is -0.112. The van der Waals surface area contributed by atoms with E-state index in [0.29, 0.717) is 36.5 Å². The topological polar surface area (TPSA) is 62.1 Å². The van der Waals surface area contributed by atoms with Crippen LogP contribution in [0.3, 0.4) is 0 Å². The molecule has 1 amide bonds. The molecule has 0 fully saturated rings. The van der Waals surface area contributed by atoms with Crippen molar-refractivity contribution < 1.29 is 9.53 Å². The molecule has 0 saturated carbocycles. The van der Waals surface area contributed by atoms with E-state index in [1.165, 1.54) is 6.08 Å². The highest BCUT2D eigenvalue weighted by Crippen LogP contribution is 2.34. The van der Waals surface area contributed by atoms with Crippen molar-refractivity contribution in [2.75, 3.05) is 5.32 Å². The molecule has 1 N–H and O–H groups in total. The van der Waals surface area contributed by atoms with Gasteiger partial charge < -0.3 is 10.1 Å². The number of nitriles is 1. The molecular formula is C23H13BrCl3IN2O2. The van der Waals surface area contributed by atoms with Crippen LogP contribution in [0.15, 0.2) is 64.6 Å². The number of nitrogens with zero attached hydrogens (tertiary/aromatic N) is 1. The molecule has 0 saturated heterocycles. The highest BCUT2D eigenvalue weighted by molar-refractivity contribution is 14.1. The Morgan fingerprint density at radius 2 is 1.88 bits per heavy atom. The molecule has 0 aliphatic heterocycles. The predicted octanol–water partition coefficient (Wildman–Crippen LogP) is 8.14. The van der Waals surface area contributed by atoms with Crippen molar-refractivity contribution in [3.63, 3.8) is 0 Å². The molecule has 0 aliphatic carbocycles. The Morgan fingerprint density at radius 1 is 1.12 bits per heavy atom.